The van der Waals surface area contributed by atoms with E-state index in [4.69, 9.17) is 4.42 Å². The molecule has 0 atom stereocenters. The monoisotopic (exact) mass is 635 g/mol. The third-order valence-electron chi connectivity index (χ3n) is 10.5. The molecule has 0 saturated heterocycles. The third-order valence-corrected chi connectivity index (χ3v) is 10.5. The van der Waals surface area contributed by atoms with Crippen molar-refractivity contribution in [1.82, 2.24) is 4.57 Å². The Balaban J connectivity index is 1.20. The Bertz CT molecular complexity index is 3000. The lowest BCUT2D eigenvalue weighted by Gasteiger charge is -2.15. The number of benzene rings is 9. The predicted octanol–water partition coefficient (Wildman–Crippen LogP) is 13.4. The summed E-state index contributed by atoms with van der Waals surface area (Å²) in [5.74, 6) is 0. The van der Waals surface area contributed by atoms with Gasteiger partial charge < -0.3 is 8.98 Å². The fourth-order valence-electron chi connectivity index (χ4n) is 8.23. The quantitative estimate of drug-likeness (QED) is 0.176. The number of rotatable bonds is 4. The van der Waals surface area contributed by atoms with Gasteiger partial charge in [0.1, 0.15) is 11.1 Å². The first-order valence-electron chi connectivity index (χ1n) is 17.2. The number of hydrogen-bond donors (Lipinski definition) is 0. The summed E-state index contributed by atoms with van der Waals surface area (Å²) in [4.78, 5) is 0. The van der Waals surface area contributed by atoms with Gasteiger partial charge in [0.2, 0.25) is 0 Å². The summed E-state index contributed by atoms with van der Waals surface area (Å²) in [6, 6.07) is 63.8. The van der Waals surface area contributed by atoms with Gasteiger partial charge in [-0.3, -0.25) is 0 Å². The largest absolute Gasteiger partial charge is 0.454 e. The number of para-hydroxylation sites is 1. The van der Waals surface area contributed by atoms with Crippen LogP contribution in [-0.2, 0) is 0 Å². The van der Waals surface area contributed by atoms with E-state index in [0.29, 0.717) is 0 Å². The Labute approximate surface area is 288 Å². The van der Waals surface area contributed by atoms with Crippen LogP contribution in [0.3, 0.4) is 0 Å². The van der Waals surface area contributed by atoms with E-state index in [-0.39, 0.29) is 0 Å². The van der Waals surface area contributed by atoms with Crippen LogP contribution in [0.2, 0.25) is 0 Å². The molecule has 2 heterocycles. The molecule has 0 spiro atoms. The molecular weight excluding hydrogens is 607 g/mol. The Kier molecular flexibility index (Phi) is 5.70. The first kappa shape index (κ1) is 27.3. The Hall–Kier alpha value is -6.64. The molecule has 0 aliphatic carbocycles. The van der Waals surface area contributed by atoms with Crippen molar-refractivity contribution >= 4 is 65.3 Å². The lowest BCUT2D eigenvalue weighted by atomic mass is 9.89. The summed E-state index contributed by atoms with van der Waals surface area (Å²) < 4.78 is 9.15. The van der Waals surface area contributed by atoms with Gasteiger partial charge in [-0.1, -0.05) is 133 Å². The molecular formula is C48H29NO. The maximum absolute atomic E-state index is 6.75. The van der Waals surface area contributed by atoms with Crippen molar-refractivity contribution in [2.45, 2.75) is 0 Å². The van der Waals surface area contributed by atoms with E-state index in [0.717, 1.165) is 38.7 Å². The lowest BCUT2D eigenvalue weighted by Crippen LogP contribution is -1.96. The summed E-state index contributed by atoms with van der Waals surface area (Å²) in [5, 5.41) is 9.98. The number of furan rings is 1. The van der Waals surface area contributed by atoms with Gasteiger partial charge in [-0.05, 0) is 108 Å². The Morgan fingerprint density at radius 2 is 1.02 bits per heavy atom. The van der Waals surface area contributed by atoms with Crippen molar-refractivity contribution in [1.29, 1.82) is 0 Å². The highest BCUT2D eigenvalue weighted by Crippen LogP contribution is 2.44. The summed E-state index contributed by atoms with van der Waals surface area (Å²) in [6.45, 7) is 0. The number of aromatic nitrogens is 1. The van der Waals surface area contributed by atoms with Crippen molar-refractivity contribution < 1.29 is 4.42 Å². The van der Waals surface area contributed by atoms with E-state index in [1.54, 1.807) is 0 Å². The zero-order valence-electron chi connectivity index (χ0n) is 27.1. The Morgan fingerprint density at radius 3 is 1.76 bits per heavy atom. The minimum atomic E-state index is 0.892. The normalized spacial score (nSPS) is 12.0. The van der Waals surface area contributed by atoms with Crippen LogP contribution >= 0.6 is 0 Å². The molecule has 2 heteroatoms. The number of hydrogen-bond acceptors (Lipinski definition) is 1. The average Bonchev–Trinajstić information content (AvgIpc) is 3.72. The van der Waals surface area contributed by atoms with Crippen molar-refractivity contribution in [2.75, 3.05) is 0 Å². The minimum absolute atomic E-state index is 0.892. The standard InChI is InChI=1S/C48H29NO/c1-3-10-30(11-4-1)36-26-37(31-12-5-2-6-13-31)28-38(27-36)49-43-25-22-35(29-42(43)48-47(49)41-16-7-8-17-44(41)50-48)39-23-20-34-19-18-32-14-9-15-33-21-24-40(39)46(34)45(32)33/h1-29H. The first-order chi connectivity index (χ1) is 24.8. The smallest absolute Gasteiger partial charge is 0.161 e. The van der Waals surface area contributed by atoms with Gasteiger partial charge in [0.25, 0.3) is 0 Å². The van der Waals surface area contributed by atoms with E-state index >= 15 is 0 Å². The first-order valence-corrected chi connectivity index (χ1v) is 17.2. The van der Waals surface area contributed by atoms with E-state index < -0.39 is 0 Å². The summed E-state index contributed by atoms with van der Waals surface area (Å²) >= 11 is 0. The van der Waals surface area contributed by atoms with Gasteiger partial charge in [-0.2, -0.15) is 0 Å². The highest BCUT2D eigenvalue weighted by atomic mass is 16.3. The topological polar surface area (TPSA) is 18.1 Å². The molecule has 0 unspecified atom stereocenters. The van der Waals surface area contributed by atoms with E-state index in [1.165, 1.54) is 65.7 Å². The summed E-state index contributed by atoms with van der Waals surface area (Å²) in [5.41, 5.74) is 12.3. The van der Waals surface area contributed by atoms with Crippen molar-refractivity contribution in [3.63, 3.8) is 0 Å². The maximum atomic E-state index is 6.75. The second kappa shape index (κ2) is 10.4. The van der Waals surface area contributed by atoms with E-state index in [1.807, 2.05) is 0 Å². The molecule has 50 heavy (non-hydrogen) atoms. The van der Waals surface area contributed by atoms with Gasteiger partial charge in [-0.15, -0.1) is 0 Å². The van der Waals surface area contributed by atoms with Crippen LogP contribution in [-0.4, -0.2) is 4.57 Å². The number of nitrogens with zero attached hydrogens (tertiary/aromatic N) is 1. The zero-order valence-corrected chi connectivity index (χ0v) is 27.1. The fraction of sp³-hybridized carbons (Fsp3) is 0. The molecule has 0 radical (unpaired) electrons. The van der Waals surface area contributed by atoms with Crippen LogP contribution in [0.4, 0.5) is 0 Å². The van der Waals surface area contributed by atoms with Crippen LogP contribution in [0.5, 0.6) is 0 Å². The zero-order chi connectivity index (χ0) is 32.8. The minimum Gasteiger partial charge on any atom is -0.454 e. The van der Waals surface area contributed by atoms with Crippen LogP contribution in [0.15, 0.2) is 180 Å². The molecule has 0 aliphatic rings. The molecule has 11 rings (SSSR count). The second-order valence-corrected chi connectivity index (χ2v) is 13.3. The van der Waals surface area contributed by atoms with E-state index in [9.17, 15) is 0 Å². The molecule has 0 aliphatic heterocycles. The fourth-order valence-corrected chi connectivity index (χ4v) is 8.23. The van der Waals surface area contributed by atoms with Crippen LogP contribution in [0, 0.1) is 0 Å². The third kappa shape index (κ3) is 3.96. The molecule has 11 aromatic rings. The SMILES string of the molecule is c1ccc(-c2cc(-c3ccccc3)cc(-n3c4ccc(-c5ccc6ccc7cccc8ccc5c6c78)cc4c4oc5ccccc5c43)c2)cc1. The number of fused-ring (bicyclic) bond motifs is 5. The van der Waals surface area contributed by atoms with Crippen LogP contribution in [0.25, 0.3) is 104 Å². The molecule has 0 saturated carbocycles. The van der Waals surface area contributed by atoms with Gasteiger partial charge >= 0.3 is 0 Å². The molecule has 2 aromatic heterocycles. The molecule has 232 valence electrons. The highest BCUT2D eigenvalue weighted by molar-refractivity contribution is 6.26. The molecule has 0 bridgehead atoms. The molecule has 2 nitrogen and oxygen atoms in total. The summed E-state index contributed by atoms with van der Waals surface area (Å²) in [6.07, 6.45) is 0. The molecule has 0 N–H and O–H groups in total. The predicted molar refractivity (Wildman–Crippen MR) is 211 cm³/mol. The van der Waals surface area contributed by atoms with Gasteiger partial charge in [-0.25, -0.2) is 0 Å². The van der Waals surface area contributed by atoms with Gasteiger partial charge in [0.05, 0.1) is 5.52 Å². The van der Waals surface area contributed by atoms with Crippen molar-refractivity contribution in [3.8, 4) is 39.1 Å². The van der Waals surface area contributed by atoms with Gasteiger partial charge in [0.15, 0.2) is 5.58 Å². The highest BCUT2D eigenvalue weighted by Gasteiger charge is 2.22. The summed E-state index contributed by atoms with van der Waals surface area (Å²) in [7, 11) is 0. The van der Waals surface area contributed by atoms with Crippen LogP contribution < -0.4 is 0 Å². The lowest BCUT2D eigenvalue weighted by molar-refractivity contribution is 0.673. The molecule has 9 aromatic carbocycles. The van der Waals surface area contributed by atoms with Crippen molar-refractivity contribution in [3.05, 3.63) is 176 Å². The molecule has 0 amide bonds. The average molecular weight is 636 g/mol. The Morgan fingerprint density at radius 1 is 0.380 bits per heavy atom. The molecule has 0 fully saturated rings. The maximum Gasteiger partial charge on any atom is 0.161 e. The second-order valence-electron chi connectivity index (χ2n) is 13.3. The van der Waals surface area contributed by atoms with Crippen molar-refractivity contribution in [2.24, 2.45) is 0 Å². The van der Waals surface area contributed by atoms with Gasteiger partial charge in [0, 0.05) is 16.5 Å². The van der Waals surface area contributed by atoms with Crippen LogP contribution in [0.1, 0.15) is 0 Å². The van der Waals surface area contributed by atoms with E-state index in [2.05, 4.69) is 180 Å².